The lowest BCUT2D eigenvalue weighted by atomic mass is 9.95. The summed E-state index contributed by atoms with van der Waals surface area (Å²) < 4.78 is 43.8. The maximum absolute atomic E-state index is 12.8. The van der Waals surface area contributed by atoms with E-state index in [1.165, 1.54) is 12.1 Å². The van der Waals surface area contributed by atoms with Crippen LogP contribution in [0.3, 0.4) is 0 Å². The van der Waals surface area contributed by atoms with Crippen LogP contribution in [0.2, 0.25) is 0 Å². The summed E-state index contributed by atoms with van der Waals surface area (Å²) >= 11 is 0. The molecule has 114 valence electrons. The minimum atomic E-state index is -4.32. The minimum absolute atomic E-state index is 0.243. The molecule has 2 nitrogen and oxygen atoms in total. The van der Waals surface area contributed by atoms with Gasteiger partial charge in [0.2, 0.25) is 0 Å². The predicted molar refractivity (Wildman–Crippen MR) is 75.1 cm³/mol. The Morgan fingerprint density at radius 3 is 2.33 bits per heavy atom. The first kappa shape index (κ1) is 15.6. The van der Waals surface area contributed by atoms with E-state index in [1.54, 1.807) is 13.2 Å². The second-order valence-electron chi connectivity index (χ2n) is 5.03. The van der Waals surface area contributed by atoms with Crippen LogP contribution in [0.4, 0.5) is 13.2 Å². The molecular formula is C16H18F3NO. The minimum Gasteiger partial charge on any atom is -0.467 e. The summed E-state index contributed by atoms with van der Waals surface area (Å²) in [6, 6.07) is 5.42. The Bertz CT molecular complexity index is 616. The normalized spacial score (nSPS) is 13.4. The Hall–Kier alpha value is -1.75. The average Bonchev–Trinajstić information content (AvgIpc) is 2.81. The first-order valence-electron chi connectivity index (χ1n) is 6.79. The molecule has 0 bridgehead atoms. The van der Waals surface area contributed by atoms with Crippen molar-refractivity contribution in [3.63, 3.8) is 0 Å². The highest BCUT2D eigenvalue weighted by Crippen LogP contribution is 2.33. The van der Waals surface area contributed by atoms with Crippen molar-refractivity contribution < 1.29 is 17.6 Å². The second-order valence-corrected chi connectivity index (χ2v) is 5.03. The van der Waals surface area contributed by atoms with Crippen LogP contribution in [0.25, 0.3) is 0 Å². The SMILES string of the molecule is CCNC(c1ccc(C(F)(F)F)cc1C)c1occc1C. The van der Waals surface area contributed by atoms with Gasteiger partial charge in [-0.05, 0) is 55.3 Å². The molecular weight excluding hydrogens is 279 g/mol. The molecule has 1 heterocycles. The maximum Gasteiger partial charge on any atom is 0.416 e. The molecule has 0 fully saturated rings. The van der Waals surface area contributed by atoms with Crippen molar-refractivity contribution in [2.75, 3.05) is 6.54 Å². The van der Waals surface area contributed by atoms with Gasteiger partial charge in [0.15, 0.2) is 0 Å². The van der Waals surface area contributed by atoms with Crippen LogP contribution in [-0.4, -0.2) is 6.54 Å². The highest BCUT2D eigenvalue weighted by atomic mass is 19.4. The van der Waals surface area contributed by atoms with Gasteiger partial charge in [-0.25, -0.2) is 0 Å². The van der Waals surface area contributed by atoms with E-state index in [9.17, 15) is 13.2 Å². The molecule has 1 N–H and O–H groups in total. The molecule has 1 aromatic heterocycles. The standard InChI is InChI=1S/C16H18F3NO/c1-4-20-14(15-10(2)7-8-21-15)13-6-5-12(9-11(13)3)16(17,18)19/h5-9,14,20H,4H2,1-3H3. The van der Waals surface area contributed by atoms with Crippen molar-refractivity contribution in [3.05, 3.63) is 58.5 Å². The molecule has 0 spiro atoms. The summed E-state index contributed by atoms with van der Waals surface area (Å²) in [5, 5.41) is 3.27. The van der Waals surface area contributed by atoms with Crippen LogP contribution in [0.15, 0.2) is 34.9 Å². The van der Waals surface area contributed by atoms with Crippen LogP contribution in [0.5, 0.6) is 0 Å². The first-order chi connectivity index (χ1) is 9.84. The molecule has 2 rings (SSSR count). The number of alkyl halides is 3. The van der Waals surface area contributed by atoms with E-state index in [1.807, 2.05) is 19.9 Å². The van der Waals surface area contributed by atoms with Crippen molar-refractivity contribution in [1.29, 1.82) is 0 Å². The topological polar surface area (TPSA) is 25.2 Å². The largest absolute Gasteiger partial charge is 0.467 e. The molecule has 21 heavy (non-hydrogen) atoms. The van der Waals surface area contributed by atoms with E-state index < -0.39 is 11.7 Å². The molecule has 1 aromatic carbocycles. The summed E-state index contributed by atoms with van der Waals surface area (Å²) in [6.07, 6.45) is -2.73. The third kappa shape index (κ3) is 3.29. The molecule has 0 radical (unpaired) electrons. The highest BCUT2D eigenvalue weighted by Gasteiger charge is 2.31. The van der Waals surface area contributed by atoms with Gasteiger partial charge in [0.1, 0.15) is 5.76 Å². The monoisotopic (exact) mass is 297 g/mol. The number of furan rings is 1. The fourth-order valence-corrected chi connectivity index (χ4v) is 2.40. The van der Waals surface area contributed by atoms with Crippen LogP contribution < -0.4 is 5.32 Å². The average molecular weight is 297 g/mol. The zero-order valence-electron chi connectivity index (χ0n) is 12.2. The third-order valence-corrected chi connectivity index (χ3v) is 3.48. The van der Waals surface area contributed by atoms with Crippen LogP contribution >= 0.6 is 0 Å². The van der Waals surface area contributed by atoms with Crippen molar-refractivity contribution in [2.45, 2.75) is 33.0 Å². The first-order valence-corrected chi connectivity index (χ1v) is 6.79. The number of rotatable bonds is 4. The van der Waals surface area contributed by atoms with E-state index in [2.05, 4.69) is 5.32 Å². The van der Waals surface area contributed by atoms with E-state index in [0.717, 1.165) is 23.0 Å². The van der Waals surface area contributed by atoms with E-state index in [0.29, 0.717) is 12.1 Å². The Morgan fingerprint density at radius 1 is 1.14 bits per heavy atom. The van der Waals surface area contributed by atoms with Gasteiger partial charge >= 0.3 is 6.18 Å². The van der Waals surface area contributed by atoms with Gasteiger partial charge in [-0.2, -0.15) is 13.2 Å². The molecule has 0 amide bonds. The fourth-order valence-electron chi connectivity index (χ4n) is 2.40. The Kier molecular flexibility index (Phi) is 4.42. The van der Waals surface area contributed by atoms with Gasteiger partial charge in [0.05, 0.1) is 17.9 Å². The smallest absolute Gasteiger partial charge is 0.416 e. The highest BCUT2D eigenvalue weighted by molar-refractivity contribution is 5.39. The van der Waals surface area contributed by atoms with Crippen molar-refractivity contribution in [3.8, 4) is 0 Å². The van der Waals surface area contributed by atoms with Crippen molar-refractivity contribution in [2.24, 2.45) is 0 Å². The third-order valence-electron chi connectivity index (χ3n) is 3.48. The van der Waals surface area contributed by atoms with Crippen molar-refractivity contribution in [1.82, 2.24) is 5.32 Å². The van der Waals surface area contributed by atoms with Gasteiger partial charge in [-0.15, -0.1) is 0 Å². The Labute approximate surface area is 122 Å². The number of halogens is 3. The molecule has 1 unspecified atom stereocenters. The number of nitrogens with one attached hydrogen (secondary N) is 1. The molecule has 0 aliphatic rings. The van der Waals surface area contributed by atoms with Crippen molar-refractivity contribution >= 4 is 0 Å². The maximum atomic E-state index is 12.8. The number of hydrogen-bond acceptors (Lipinski definition) is 2. The lowest BCUT2D eigenvalue weighted by Crippen LogP contribution is -2.23. The number of benzene rings is 1. The summed E-state index contributed by atoms with van der Waals surface area (Å²) in [6.45, 7) is 6.24. The van der Waals surface area contributed by atoms with E-state index in [-0.39, 0.29) is 6.04 Å². The lowest BCUT2D eigenvalue weighted by molar-refractivity contribution is -0.137. The lowest BCUT2D eigenvalue weighted by Gasteiger charge is -2.20. The van der Waals surface area contributed by atoms with Gasteiger partial charge in [-0.3, -0.25) is 0 Å². The van der Waals surface area contributed by atoms with Crippen LogP contribution in [0, 0.1) is 13.8 Å². The van der Waals surface area contributed by atoms with Gasteiger partial charge in [0, 0.05) is 0 Å². The number of hydrogen-bond donors (Lipinski definition) is 1. The van der Waals surface area contributed by atoms with Crippen LogP contribution in [-0.2, 0) is 6.18 Å². The van der Waals surface area contributed by atoms with Gasteiger partial charge in [-0.1, -0.05) is 13.0 Å². The molecule has 0 saturated heterocycles. The molecule has 0 aliphatic heterocycles. The van der Waals surface area contributed by atoms with E-state index in [4.69, 9.17) is 4.42 Å². The predicted octanol–water partition coefficient (Wildman–Crippen LogP) is 4.61. The zero-order valence-corrected chi connectivity index (χ0v) is 12.2. The summed E-state index contributed by atoms with van der Waals surface area (Å²) in [7, 11) is 0. The van der Waals surface area contributed by atoms with Gasteiger partial charge in [0.25, 0.3) is 0 Å². The quantitative estimate of drug-likeness (QED) is 0.891. The zero-order chi connectivity index (χ0) is 15.6. The summed E-state index contributed by atoms with van der Waals surface area (Å²) in [5.41, 5.74) is 1.73. The number of aryl methyl sites for hydroxylation is 2. The Morgan fingerprint density at radius 2 is 1.86 bits per heavy atom. The van der Waals surface area contributed by atoms with Gasteiger partial charge < -0.3 is 9.73 Å². The summed E-state index contributed by atoms with van der Waals surface area (Å²) in [5.74, 6) is 0.736. The molecule has 2 aromatic rings. The second kappa shape index (κ2) is 5.93. The molecule has 5 heteroatoms. The van der Waals surface area contributed by atoms with E-state index >= 15 is 0 Å². The molecule has 0 saturated carbocycles. The molecule has 0 aliphatic carbocycles. The molecule has 1 atom stereocenters. The van der Waals surface area contributed by atoms with Crippen LogP contribution in [0.1, 0.15) is 41.0 Å². The fraction of sp³-hybridized carbons (Fsp3) is 0.375. The Balaban J connectivity index is 2.45. The summed E-state index contributed by atoms with van der Waals surface area (Å²) in [4.78, 5) is 0.